The Labute approximate surface area is 129 Å². The number of halogens is 1. The van der Waals surface area contributed by atoms with E-state index in [0.717, 1.165) is 5.56 Å². The maximum absolute atomic E-state index is 5.86. The predicted octanol–water partition coefficient (Wildman–Crippen LogP) is 1.98. The number of aromatic nitrogens is 6. The first-order valence-electron chi connectivity index (χ1n) is 5.94. The molecule has 2 heterocycles. The maximum atomic E-state index is 5.86. The van der Waals surface area contributed by atoms with Gasteiger partial charge >= 0.3 is 0 Å². The third kappa shape index (κ3) is 3.47. The van der Waals surface area contributed by atoms with Crippen molar-refractivity contribution >= 4 is 29.3 Å². The molecule has 0 atom stereocenters. The zero-order valence-corrected chi connectivity index (χ0v) is 12.3. The van der Waals surface area contributed by atoms with Gasteiger partial charge in [-0.15, -0.1) is 0 Å². The molecule has 21 heavy (non-hydrogen) atoms. The molecule has 106 valence electrons. The van der Waals surface area contributed by atoms with Gasteiger partial charge in [-0.25, -0.2) is 4.98 Å². The summed E-state index contributed by atoms with van der Waals surface area (Å²) in [7, 11) is 0. The molecule has 0 aliphatic heterocycles. The SMILES string of the molecule is Nc1nc(SCc2ccc(Cl)cc2)nc(-n2cncn2)n1. The fraction of sp³-hybridized carbons (Fsp3) is 0.0833. The normalized spacial score (nSPS) is 10.7. The van der Waals surface area contributed by atoms with Crippen LogP contribution < -0.4 is 5.73 Å². The number of rotatable bonds is 4. The number of benzene rings is 1. The number of nitrogen functional groups attached to an aromatic ring is 1. The quantitative estimate of drug-likeness (QED) is 0.734. The van der Waals surface area contributed by atoms with Crippen LogP contribution in [0, 0.1) is 0 Å². The highest BCUT2D eigenvalue weighted by molar-refractivity contribution is 7.98. The Morgan fingerprint density at radius 1 is 1.14 bits per heavy atom. The summed E-state index contributed by atoms with van der Waals surface area (Å²) < 4.78 is 1.43. The molecular formula is C12H10ClN7S. The summed E-state index contributed by atoms with van der Waals surface area (Å²) in [6, 6.07) is 7.61. The third-order valence-corrected chi connectivity index (χ3v) is 3.70. The molecule has 0 aliphatic carbocycles. The smallest absolute Gasteiger partial charge is 0.257 e. The molecule has 0 aliphatic rings. The molecule has 0 amide bonds. The lowest BCUT2D eigenvalue weighted by Crippen LogP contribution is -2.07. The topological polar surface area (TPSA) is 95.4 Å². The zero-order chi connectivity index (χ0) is 14.7. The molecule has 2 N–H and O–H groups in total. The minimum absolute atomic E-state index is 0.147. The zero-order valence-electron chi connectivity index (χ0n) is 10.7. The molecule has 0 saturated heterocycles. The summed E-state index contributed by atoms with van der Waals surface area (Å²) in [6.45, 7) is 0. The van der Waals surface area contributed by atoms with Crippen LogP contribution in [-0.2, 0) is 5.75 Å². The van der Waals surface area contributed by atoms with Crippen molar-refractivity contribution in [2.24, 2.45) is 0 Å². The van der Waals surface area contributed by atoms with E-state index in [1.165, 1.54) is 29.1 Å². The van der Waals surface area contributed by atoms with Crippen molar-refractivity contribution in [3.63, 3.8) is 0 Å². The first-order valence-corrected chi connectivity index (χ1v) is 7.31. The Morgan fingerprint density at radius 3 is 2.67 bits per heavy atom. The Balaban J connectivity index is 1.78. The molecule has 7 nitrogen and oxygen atoms in total. The van der Waals surface area contributed by atoms with Crippen LogP contribution in [0.5, 0.6) is 0 Å². The summed E-state index contributed by atoms with van der Waals surface area (Å²) in [5.74, 6) is 1.20. The highest BCUT2D eigenvalue weighted by atomic mass is 35.5. The van der Waals surface area contributed by atoms with Gasteiger partial charge in [0.25, 0.3) is 5.95 Å². The second-order valence-electron chi connectivity index (χ2n) is 4.03. The molecule has 0 bridgehead atoms. The van der Waals surface area contributed by atoms with Gasteiger partial charge in [-0.05, 0) is 17.7 Å². The van der Waals surface area contributed by atoms with Crippen molar-refractivity contribution < 1.29 is 0 Å². The monoisotopic (exact) mass is 319 g/mol. The van der Waals surface area contributed by atoms with Crippen LogP contribution in [-0.4, -0.2) is 29.7 Å². The van der Waals surface area contributed by atoms with E-state index in [-0.39, 0.29) is 5.95 Å². The van der Waals surface area contributed by atoms with Crippen molar-refractivity contribution in [3.05, 3.63) is 47.5 Å². The Hall–Kier alpha value is -2.19. The first kappa shape index (κ1) is 13.8. The lowest BCUT2D eigenvalue weighted by atomic mass is 10.2. The largest absolute Gasteiger partial charge is 0.368 e. The molecule has 2 aromatic heterocycles. The summed E-state index contributed by atoms with van der Waals surface area (Å²) >= 11 is 7.31. The van der Waals surface area contributed by atoms with Gasteiger partial charge in [-0.1, -0.05) is 35.5 Å². The van der Waals surface area contributed by atoms with E-state index >= 15 is 0 Å². The lowest BCUT2D eigenvalue weighted by Gasteiger charge is -2.04. The molecule has 0 radical (unpaired) electrons. The highest BCUT2D eigenvalue weighted by Gasteiger charge is 2.08. The van der Waals surface area contributed by atoms with Crippen LogP contribution in [0.15, 0.2) is 42.1 Å². The number of thioether (sulfide) groups is 1. The van der Waals surface area contributed by atoms with Gasteiger partial charge in [0.05, 0.1) is 0 Å². The summed E-state index contributed by atoms with van der Waals surface area (Å²) in [5, 5.41) is 5.21. The highest BCUT2D eigenvalue weighted by Crippen LogP contribution is 2.21. The van der Waals surface area contributed by atoms with Gasteiger partial charge in [0.1, 0.15) is 12.7 Å². The Bertz CT molecular complexity index is 730. The minimum atomic E-state index is 0.147. The van der Waals surface area contributed by atoms with E-state index < -0.39 is 0 Å². The van der Waals surface area contributed by atoms with Crippen molar-refractivity contribution in [2.75, 3.05) is 5.73 Å². The average molecular weight is 320 g/mol. The Morgan fingerprint density at radius 2 is 1.95 bits per heavy atom. The molecular weight excluding hydrogens is 310 g/mol. The van der Waals surface area contributed by atoms with Crippen molar-refractivity contribution in [1.29, 1.82) is 0 Å². The van der Waals surface area contributed by atoms with E-state index in [1.54, 1.807) is 0 Å². The average Bonchev–Trinajstić information content (AvgIpc) is 3.00. The number of nitrogens with two attached hydrogens (primary N) is 1. The van der Waals surface area contributed by atoms with Crippen LogP contribution in [0.1, 0.15) is 5.56 Å². The van der Waals surface area contributed by atoms with Gasteiger partial charge in [0.2, 0.25) is 5.95 Å². The van der Waals surface area contributed by atoms with E-state index in [0.29, 0.717) is 21.9 Å². The fourth-order valence-corrected chi connectivity index (χ4v) is 2.49. The van der Waals surface area contributed by atoms with Crippen LogP contribution in [0.3, 0.4) is 0 Å². The first-order chi connectivity index (χ1) is 10.2. The predicted molar refractivity (Wildman–Crippen MR) is 80.2 cm³/mol. The van der Waals surface area contributed by atoms with Gasteiger partial charge in [0, 0.05) is 10.8 Å². The number of hydrogen-bond donors (Lipinski definition) is 1. The van der Waals surface area contributed by atoms with E-state index in [4.69, 9.17) is 17.3 Å². The molecule has 0 unspecified atom stereocenters. The van der Waals surface area contributed by atoms with Crippen molar-refractivity contribution in [2.45, 2.75) is 10.9 Å². The van der Waals surface area contributed by atoms with Crippen molar-refractivity contribution in [1.82, 2.24) is 29.7 Å². The van der Waals surface area contributed by atoms with Gasteiger partial charge in [-0.2, -0.15) is 24.7 Å². The van der Waals surface area contributed by atoms with Crippen LogP contribution >= 0.6 is 23.4 Å². The van der Waals surface area contributed by atoms with Gasteiger partial charge in [0.15, 0.2) is 5.16 Å². The number of nitrogens with zero attached hydrogens (tertiary/aromatic N) is 6. The summed E-state index contributed by atoms with van der Waals surface area (Å²) in [6.07, 6.45) is 2.91. The van der Waals surface area contributed by atoms with Crippen molar-refractivity contribution in [3.8, 4) is 5.95 Å². The molecule has 0 saturated carbocycles. The second kappa shape index (κ2) is 6.06. The molecule has 9 heteroatoms. The van der Waals surface area contributed by atoms with Crippen LogP contribution in [0.25, 0.3) is 5.95 Å². The number of hydrogen-bond acceptors (Lipinski definition) is 7. The van der Waals surface area contributed by atoms with E-state index in [2.05, 4.69) is 25.0 Å². The molecule has 0 spiro atoms. The molecule has 1 aromatic carbocycles. The van der Waals surface area contributed by atoms with Gasteiger partial charge in [-0.3, -0.25) is 0 Å². The standard InChI is InChI=1S/C12H10ClN7S/c13-9-3-1-8(2-4-9)5-21-12-18-10(14)17-11(19-12)20-7-15-6-16-20/h1-4,6-7H,5H2,(H2,14,17,18,19). The van der Waals surface area contributed by atoms with E-state index in [9.17, 15) is 0 Å². The third-order valence-electron chi connectivity index (χ3n) is 2.53. The van der Waals surface area contributed by atoms with Gasteiger partial charge < -0.3 is 5.73 Å². The second-order valence-corrected chi connectivity index (χ2v) is 5.41. The summed E-state index contributed by atoms with van der Waals surface area (Å²) in [4.78, 5) is 16.3. The van der Waals surface area contributed by atoms with Crippen LogP contribution in [0.4, 0.5) is 5.95 Å². The maximum Gasteiger partial charge on any atom is 0.257 e. The minimum Gasteiger partial charge on any atom is -0.368 e. The summed E-state index contributed by atoms with van der Waals surface area (Å²) in [5.41, 5.74) is 6.82. The fourth-order valence-electron chi connectivity index (χ4n) is 1.57. The number of anilines is 1. The molecule has 3 rings (SSSR count). The lowest BCUT2D eigenvalue weighted by molar-refractivity contribution is 0.763. The molecule has 3 aromatic rings. The molecule has 0 fully saturated rings. The van der Waals surface area contributed by atoms with E-state index in [1.807, 2.05) is 24.3 Å². The Kier molecular flexibility index (Phi) is 3.98. The van der Waals surface area contributed by atoms with Crippen LogP contribution in [0.2, 0.25) is 5.02 Å².